The van der Waals surface area contributed by atoms with Crippen molar-refractivity contribution in [1.29, 1.82) is 0 Å². The highest BCUT2D eigenvalue weighted by atomic mass is 35.5. The number of ether oxygens (including phenoxy) is 2. The first-order valence-corrected chi connectivity index (χ1v) is 11.2. The van der Waals surface area contributed by atoms with Gasteiger partial charge in [-0.1, -0.05) is 17.7 Å². The number of nitrogens with one attached hydrogen (secondary N) is 1. The molecule has 1 aliphatic rings. The number of fused-ring (bicyclic) bond motifs is 1. The van der Waals surface area contributed by atoms with Gasteiger partial charge in [-0.15, -0.1) is 0 Å². The summed E-state index contributed by atoms with van der Waals surface area (Å²) >= 11 is 6.36. The number of rotatable bonds is 5. The maximum atomic E-state index is 13.5. The summed E-state index contributed by atoms with van der Waals surface area (Å²) in [6.45, 7) is 1.28. The summed E-state index contributed by atoms with van der Waals surface area (Å²) in [5.74, 6) is -0.403. The number of hydrogen-bond donors (Lipinski definition) is 1. The molecule has 0 spiro atoms. The van der Waals surface area contributed by atoms with Gasteiger partial charge in [-0.05, 0) is 29.8 Å². The van der Waals surface area contributed by atoms with E-state index >= 15 is 0 Å². The van der Waals surface area contributed by atoms with E-state index in [0.717, 1.165) is 24.5 Å². The van der Waals surface area contributed by atoms with Gasteiger partial charge in [0.05, 0.1) is 34.8 Å². The van der Waals surface area contributed by atoms with Gasteiger partial charge in [0.2, 0.25) is 0 Å². The monoisotopic (exact) mass is 483 g/mol. The highest BCUT2D eigenvalue weighted by molar-refractivity contribution is 6.32. The predicted molar refractivity (Wildman–Crippen MR) is 124 cm³/mol. The first-order valence-electron chi connectivity index (χ1n) is 10.8. The summed E-state index contributed by atoms with van der Waals surface area (Å²) in [4.78, 5) is 24.3. The fourth-order valence-corrected chi connectivity index (χ4v) is 4.14. The fourth-order valence-electron chi connectivity index (χ4n) is 3.93. The lowest BCUT2D eigenvalue weighted by Gasteiger charge is -2.23. The van der Waals surface area contributed by atoms with Crippen LogP contribution < -0.4 is 10.3 Å². The van der Waals surface area contributed by atoms with Crippen LogP contribution in [0.15, 0.2) is 53.5 Å². The minimum Gasteiger partial charge on any atom is -0.489 e. The Kier molecular flexibility index (Phi) is 6.26. The Labute approximate surface area is 198 Å². The molecule has 1 fully saturated rings. The normalized spacial score (nSPS) is 14.4. The summed E-state index contributed by atoms with van der Waals surface area (Å²) in [6.07, 6.45) is 3.45. The largest absolute Gasteiger partial charge is 0.489 e. The minimum absolute atomic E-state index is 0.00122. The van der Waals surface area contributed by atoms with E-state index < -0.39 is 11.6 Å². The molecule has 0 unspecified atom stereocenters. The number of hydrogen-bond acceptors (Lipinski definition) is 5. The lowest BCUT2D eigenvalue weighted by Crippen LogP contribution is -2.26. The number of aromatic amines is 1. The molecule has 2 aromatic carbocycles. The van der Waals surface area contributed by atoms with Crippen molar-refractivity contribution in [3.8, 4) is 17.0 Å². The molecule has 6 nitrogen and oxygen atoms in total. The highest BCUT2D eigenvalue weighted by Gasteiger charge is 2.18. The Bertz CT molecular complexity index is 1380. The van der Waals surface area contributed by atoms with Crippen LogP contribution in [-0.2, 0) is 11.2 Å². The van der Waals surface area contributed by atoms with Crippen molar-refractivity contribution in [2.24, 2.45) is 0 Å². The molecule has 0 bridgehead atoms. The number of halogens is 3. The first kappa shape index (κ1) is 22.4. The van der Waals surface area contributed by atoms with Gasteiger partial charge in [0.1, 0.15) is 29.3 Å². The van der Waals surface area contributed by atoms with Crippen molar-refractivity contribution >= 4 is 22.5 Å². The second kappa shape index (κ2) is 9.48. The second-order valence-corrected chi connectivity index (χ2v) is 8.54. The van der Waals surface area contributed by atoms with Crippen LogP contribution in [0, 0.1) is 11.6 Å². The molecular weight excluding hydrogens is 464 g/mol. The van der Waals surface area contributed by atoms with Crippen LogP contribution in [0.5, 0.6) is 5.75 Å². The molecule has 0 atom stereocenters. The van der Waals surface area contributed by atoms with E-state index in [1.165, 1.54) is 12.1 Å². The third kappa shape index (κ3) is 4.93. The molecule has 3 heterocycles. The van der Waals surface area contributed by atoms with Crippen LogP contribution in [0.4, 0.5) is 8.78 Å². The summed E-state index contributed by atoms with van der Waals surface area (Å²) in [5.41, 5.74) is 1.72. The van der Waals surface area contributed by atoms with Gasteiger partial charge in [-0.3, -0.25) is 9.78 Å². The lowest BCUT2D eigenvalue weighted by molar-refractivity contribution is 0.0256. The zero-order chi connectivity index (χ0) is 23.7. The maximum Gasteiger partial charge on any atom is 0.258 e. The molecule has 4 aromatic rings. The number of H-pyrrole nitrogens is 1. The third-order valence-electron chi connectivity index (χ3n) is 5.62. The van der Waals surface area contributed by atoms with E-state index in [1.54, 1.807) is 30.5 Å². The van der Waals surface area contributed by atoms with Crippen LogP contribution >= 0.6 is 11.6 Å². The van der Waals surface area contributed by atoms with E-state index in [2.05, 4.69) is 15.0 Å². The zero-order valence-corrected chi connectivity index (χ0v) is 18.7. The van der Waals surface area contributed by atoms with Gasteiger partial charge in [-0.25, -0.2) is 13.8 Å². The van der Waals surface area contributed by atoms with Crippen LogP contribution in [0.2, 0.25) is 5.02 Å². The Morgan fingerprint density at radius 2 is 1.85 bits per heavy atom. The van der Waals surface area contributed by atoms with Gasteiger partial charge in [-0.2, -0.15) is 0 Å². The van der Waals surface area contributed by atoms with Gasteiger partial charge in [0, 0.05) is 43.2 Å². The molecular formula is C25H20ClF2N3O3. The molecule has 0 amide bonds. The van der Waals surface area contributed by atoms with E-state index in [4.69, 9.17) is 21.1 Å². The van der Waals surface area contributed by atoms with Crippen molar-refractivity contribution in [3.63, 3.8) is 0 Å². The van der Waals surface area contributed by atoms with Gasteiger partial charge >= 0.3 is 0 Å². The summed E-state index contributed by atoms with van der Waals surface area (Å²) in [6, 6.07) is 9.95. The number of pyridine rings is 1. The fraction of sp³-hybridized carbons (Fsp3) is 0.240. The molecule has 174 valence electrons. The molecule has 34 heavy (non-hydrogen) atoms. The van der Waals surface area contributed by atoms with Gasteiger partial charge in [0.25, 0.3) is 5.56 Å². The molecule has 9 heteroatoms. The molecule has 1 saturated heterocycles. The molecule has 1 N–H and O–H groups in total. The van der Waals surface area contributed by atoms with Gasteiger partial charge in [0.15, 0.2) is 0 Å². The van der Waals surface area contributed by atoms with Crippen molar-refractivity contribution in [3.05, 3.63) is 87.1 Å². The minimum atomic E-state index is -0.668. The Morgan fingerprint density at radius 3 is 2.56 bits per heavy atom. The number of aromatic nitrogens is 3. The molecule has 2 aromatic heterocycles. The Balaban J connectivity index is 1.40. The SMILES string of the molecule is O=c1[nH]c(Cc2ccc(-c3cc(F)cc(F)c3)nc2)nc2cc(OC3CCOCC3)c(Cl)cc12. The zero-order valence-electron chi connectivity index (χ0n) is 18.0. The molecule has 1 aliphatic heterocycles. The summed E-state index contributed by atoms with van der Waals surface area (Å²) in [7, 11) is 0. The maximum absolute atomic E-state index is 13.5. The van der Waals surface area contributed by atoms with Crippen LogP contribution in [-0.4, -0.2) is 34.3 Å². The topological polar surface area (TPSA) is 77.1 Å². The van der Waals surface area contributed by atoms with E-state index in [9.17, 15) is 13.6 Å². The molecule has 0 radical (unpaired) electrons. The standard InChI is InChI=1S/C25H20ClF2N3O3/c26-20-11-19-22(12-23(20)34-18-3-5-33-6-4-18)30-24(31-25(19)32)7-14-1-2-21(29-13-14)15-8-16(27)10-17(28)9-15/h1-2,8-13,18H,3-7H2,(H,30,31,32). The van der Waals surface area contributed by atoms with E-state index in [-0.39, 0.29) is 11.7 Å². The molecule has 0 saturated carbocycles. The first-order chi connectivity index (χ1) is 16.4. The lowest BCUT2D eigenvalue weighted by atomic mass is 10.1. The van der Waals surface area contributed by atoms with E-state index in [1.807, 2.05) is 0 Å². The number of benzene rings is 2. The van der Waals surface area contributed by atoms with Crippen LogP contribution in [0.25, 0.3) is 22.2 Å². The van der Waals surface area contributed by atoms with Gasteiger partial charge < -0.3 is 14.5 Å². The van der Waals surface area contributed by atoms with Crippen molar-refractivity contribution in [2.75, 3.05) is 13.2 Å². The van der Waals surface area contributed by atoms with Crippen LogP contribution in [0.3, 0.4) is 0 Å². The molecule has 5 rings (SSSR count). The average molecular weight is 484 g/mol. The predicted octanol–water partition coefficient (Wildman–Crippen LogP) is 5.07. The average Bonchev–Trinajstić information content (AvgIpc) is 2.81. The smallest absolute Gasteiger partial charge is 0.258 e. The van der Waals surface area contributed by atoms with Crippen molar-refractivity contribution in [1.82, 2.24) is 15.0 Å². The summed E-state index contributed by atoms with van der Waals surface area (Å²) in [5, 5.41) is 0.724. The van der Waals surface area contributed by atoms with Crippen molar-refractivity contribution < 1.29 is 18.3 Å². The Hall–Kier alpha value is -3.36. The van der Waals surface area contributed by atoms with Crippen LogP contribution in [0.1, 0.15) is 24.2 Å². The highest BCUT2D eigenvalue weighted by Crippen LogP contribution is 2.30. The number of nitrogens with zero attached hydrogens (tertiary/aromatic N) is 2. The summed E-state index contributed by atoms with van der Waals surface area (Å²) < 4.78 is 38.4. The Morgan fingerprint density at radius 1 is 1.09 bits per heavy atom. The molecule has 0 aliphatic carbocycles. The van der Waals surface area contributed by atoms with Crippen molar-refractivity contribution in [2.45, 2.75) is 25.4 Å². The third-order valence-corrected chi connectivity index (χ3v) is 5.92. The quantitative estimate of drug-likeness (QED) is 0.429. The second-order valence-electron chi connectivity index (χ2n) is 8.13. The van der Waals surface area contributed by atoms with E-state index in [0.29, 0.717) is 58.4 Å².